The zero-order valence-corrected chi connectivity index (χ0v) is 11.3. The zero-order chi connectivity index (χ0) is 13.0. The molecule has 0 saturated heterocycles. The van der Waals surface area contributed by atoms with Crippen molar-refractivity contribution in [2.75, 3.05) is 20.6 Å². The van der Waals surface area contributed by atoms with E-state index in [1.54, 1.807) is 0 Å². The van der Waals surface area contributed by atoms with Gasteiger partial charge in [-0.15, -0.1) is 0 Å². The van der Waals surface area contributed by atoms with Crippen molar-refractivity contribution in [3.05, 3.63) is 35.1 Å². The largest absolute Gasteiger partial charge is 0.330 e. The molecular weight excluding hydrogens is 212 g/mol. The molecule has 0 aromatic heterocycles. The second-order valence-electron chi connectivity index (χ2n) is 4.74. The lowest BCUT2D eigenvalue weighted by molar-refractivity contribution is -0.120. The Morgan fingerprint density at radius 1 is 1.47 bits per heavy atom. The number of nitrogens with one attached hydrogen (secondary N) is 1. The zero-order valence-electron chi connectivity index (χ0n) is 11.3. The molecule has 0 spiro atoms. The molecule has 0 fully saturated rings. The van der Waals surface area contributed by atoms with E-state index in [9.17, 15) is 4.79 Å². The molecule has 0 saturated carbocycles. The lowest BCUT2D eigenvalue weighted by atomic mass is 9.93. The van der Waals surface area contributed by atoms with Gasteiger partial charge in [-0.25, -0.2) is 0 Å². The van der Waals surface area contributed by atoms with Gasteiger partial charge in [0.15, 0.2) is 0 Å². The summed E-state index contributed by atoms with van der Waals surface area (Å²) in [4.78, 5) is 13.4. The molecule has 0 bridgehead atoms. The first-order valence-corrected chi connectivity index (χ1v) is 5.92. The number of carbonyl (C=O) groups is 1. The Morgan fingerprint density at radius 2 is 2.12 bits per heavy atom. The quantitative estimate of drug-likeness (QED) is 0.757. The molecule has 0 aliphatic carbocycles. The maximum absolute atomic E-state index is 11.3. The molecule has 1 heterocycles. The van der Waals surface area contributed by atoms with Gasteiger partial charge in [-0.05, 0) is 51.1 Å². The summed E-state index contributed by atoms with van der Waals surface area (Å²) in [5.41, 5.74) is 4.70. The van der Waals surface area contributed by atoms with Crippen LogP contribution >= 0.6 is 0 Å². The van der Waals surface area contributed by atoms with Crippen LogP contribution in [0.4, 0.5) is 0 Å². The number of hydrogen-bond acceptors (Lipinski definition) is 2. The van der Waals surface area contributed by atoms with Gasteiger partial charge in [0, 0.05) is 18.7 Å². The Labute approximate surface area is 104 Å². The molecule has 3 heteroatoms. The number of rotatable bonds is 4. The van der Waals surface area contributed by atoms with Gasteiger partial charge >= 0.3 is 0 Å². The monoisotopic (exact) mass is 234 g/mol. The highest BCUT2D eigenvalue weighted by Gasteiger charge is 2.17. The highest BCUT2D eigenvalue weighted by Crippen LogP contribution is 2.25. The fourth-order valence-corrected chi connectivity index (χ4v) is 2.11. The first-order valence-electron chi connectivity index (χ1n) is 5.92. The van der Waals surface area contributed by atoms with Crippen LogP contribution in [0.25, 0.3) is 0 Å². The van der Waals surface area contributed by atoms with Crippen LogP contribution in [-0.2, 0) is 4.79 Å². The third kappa shape index (κ3) is 3.56. The SMILES string of the molecule is C=C/C(CN(C)C)=C(/C)C1=C(C)NC(=O)CC1. The smallest absolute Gasteiger partial charge is 0.224 e. The Morgan fingerprint density at radius 3 is 2.59 bits per heavy atom. The van der Waals surface area contributed by atoms with E-state index in [1.807, 2.05) is 27.1 Å². The molecule has 0 radical (unpaired) electrons. The maximum atomic E-state index is 11.3. The van der Waals surface area contributed by atoms with Crippen molar-refractivity contribution in [3.63, 3.8) is 0 Å². The minimum absolute atomic E-state index is 0.117. The van der Waals surface area contributed by atoms with Crippen molar-refractivity contribution in [1.29, 1.82) is 0 Å². The lowest BCUT2D eigenvalue weighted by Gasteiger charge is -2.22. The number of carbonyl (C=O) groups excluding carboxylic acids is 1. The summed E-state index contributed by atoms with van der Waals surface area (Å²) in [6, 6.07) is 0. The molecule has 17 heavy (non-hydrogen) atoms. The number of likely N-dealkylation sites (N-methyl/N-ethyl adjacent to an activating group) is 1. The molecule has 1 amide bonds. The van der Waals surface area contributed by atoms with Gasteiger partial charge < -0.3 is 10.2 Å². The van der Waals surface area contributed by atoms with Crippen LogP contribution in [0, 0.1) is 0 Å². The average Bonchev–Trinajstić information content (AvgIpc) is 2.24. The second kappa shape index (κ2) is 5.82. The van der Waals surface area contributed by atoms with E-state index >= 15 is 0 Å². The standard InChI is InChI=1S/C14H22N2O/c1-6-12(9-16(4)5)10(2)13-7-8-14(17)15-11(13)3/h6H,1,7-9H2,2-5H3,(H,15,17)/b12-10+. The molecule has 1 N–H and O–H groups in total. The number of hydrogen-bond donors (Lipinski definition) is 1. The van der Waals surface area contributed by atoms with Crippen LogP contribution in [0.1, 0.15) is 26.7 Å². The number of amides is 1. The first-order chi connectivity index (χ1) is 7.95. The first kappa shape index (κ1) is 13.7. The third-order valence-corrected chi connectivity index (χ3v) is 3.05. The van der Waals surface area contributed by atoms with E-state index < -0.39 is 0 Å². The van der Waals surface area contributed by atoms with Gasteiger partial charge in [-0.1, -0.05) is 12.7 Å². The predicted molar refractivity (Wildman–Crippen MR) is 71.5 cm³/mol. The summed E-state index contributed by atoms with van der Waals surface area (Å²) in [5, 5.41) is 2.90. The topological polar surface area (TPSA) is 32.3 Å². The van der Waals surface area contributed by atoms with E-state index in [1.165, 1.54) is 16.7 Å². The Bertz CT molecular complexity index is 389. The predicted octanol–water partition coefficient (Wildman–Crippen LogP) is 2.23. The molecule has 0 atom stereocenters. The highest BCUT2D eigenvalue weighted by molar-refractivity contribution is 5.80. The summed E-state index contributed by atoms with van der Waals surface area (Å²) in [5.74, 6) is 0.117. The van der Waals surface area contributed by atoms with Crippen LogP contribution in [-0.4, -0.2) is 31.4 Å². The molecule has 94 valence electrons. The molecule has 1 rings (SSSR count). The van der Waals surface area contributed by atoms with Crippen LogP contribution in [0.3, 0.4) is 0 Å². The van der Waals surface area contributed by atoms with Gasteiger partial charge in [0.1, 0.15) is 0 Å². The summed E-state index contributed by atoms with van der Waals surface area (Å²) in [6.45, 7) is 8.82. The van der Waals surface area contributed by atoms with E-state index in [4.69, 9.17) is 0 Å². The van der Waals surface area contributed by atoms with Gasteiger partial charge in [-0.3, -0.25) is 4.79 Å². The van der Waals surface area contributed by atoms with Crippen molar-refractivity contribution in [2.24, 2.45) is 0 Å². The average molecular weight is 234 g/mol. The molecule has 1 aliphatic heterocycles. The van der Waals surface area contributed by atoms with Crippen molar-refractivity contribution in [3.8, 4) is 0 Å². The van der Waals surface area contributed by atoms with E-state index in [0.29, 0.717) is 6.42 Å². The number of nitrogens with zero attached hydrogens (tertiary/aromatic N) is 1. The van der Waals surface area contributed by atoms with Crippen molar-refractivity contribution in [1.82, 2.24) is 10.2 Å². The Balaban J connectivity index is 3.04. The van der Waals surface area contributed by atoms with Crippen LogP contribution in [0.2, 0.25) is 0 Å². The Kier molecular flexibility index (Phi) is 4.70. The fourth-order valence-electron chi connectivity index (χ4n) is 2.11. The molecule has 3 nitrogen and oxygen atoms in total. The lowest BCUT2D eigenvalue weighted by Crippen LogP contribution is -2.27. The third-order valence-electron chi connectivity index (χ3n) is 3.05. The maximum Gasteiger partial charge on any atom is 0.224 e. The number of allylic oxidation sites excluding steroid dienone is 3. The minimum atomic E-state index is 0.117. The van der Waals surface area contributed by atoms with Crippen LogP contribution < -0.4 is 5.32 Å². The van der Waals surface area contributed by atoms with E-state index in [0.717, 1.165) is 18.7 Å². The van der Waals surface area contributed by atoms with E-state index in [2.05, 4.69) is 23.7 Å². The molecular formula is C14H22N2O. The van der Waals surface area contributed by atoms with E-state index in [-0.39, 0.29) is 5.91 Å². The van der Waals surface area contributed by atoms with Crippen LogP contribution in [0.5, 0.6) is 0 Å². The molecule has 1 aliphatic rings. The Hall–Kier alpha value is -1.35. The second-order valence-corrected chi connectivity index (χ2v) is 4.74. The summed E-state index contributed by atoms with van der Waals surface area (Å²) in [6.07, 6.45) is 3.32. The van der Waals surface area contributed by atoms with Gasteiger partial charge in [0.2, 0.25) is 5.91 Å². The molecule has 0 aromatic rings. The summed E-state index contributed by atoms with van der Waals surface area (Å²) in [7, 11) is 4.08. The summed E-state index contributed by atoms with van der Waals surface area (Å²) < 4.78 is 0. The molecule has 0 unspecified atom stereocenters. The van der Waals surface area contributed by atoms with Gasteiger partial charge in [-0.2, -0.15) is 0 Å². The van der Waals surface area contributed by atoms with Gasteiger partial charge in [0.05, 0.1) is 0 Å². The normalized spacial score (nSPS) is 18.1. The molecule has 0 aromatic carbocycles. The van der Waals surface area contributed by atoms with Crippen molar-refractivity contribution >= 4 is 5.91 Å². The van der Waals surface area contributed by atoms with Crippen LogP contribution in [0.15, 0.2) is 35.1 Å². The van der Waals surface area contributed by atoms with Crippen molar-refractivity contribution in [2.45, 2.75) is 26.7 Å². The fraction of sp³-hybridized carbons (Fsp3) is 0.500. The minimum Gasteiger partial charge on any atom is -0.330 e. The van der Waals surface area contributed by atoms with Crippen molar-refractivity contribution < 1.29 is 4.79 Å². The van der Waals surface area contributed by atoms with Gasteiger partial charge in [0.25, 0.3) is 0 Å². The summed E-state index contributed by atoms with van der Waals surface area (Å²) >= 11 is 0. The highest BCUT2D eigenvalue weighted by atomic mass is 16.1.